The summed E-state index contributed by atoms with van der Waals surface area (Å²) in [5.41, 5.74) is 1.38. The molecule has 1 aromatic rings. The first-order valence-corrected chi connectivity index (χ1v) is 10.4. The highest BCUT2D eigenvalue weighted by Crippen LogP contribution is 2.35. The molecule has 0 bridgehead atoms. The Morgan fingerprint density at radius 2 is 1.67 bits per heavy atom. The summed E-state index contributed by atoms with van der Waals surface area (Å²) in [5.74, 6) is 2.49. The predicted molar refractivity (Wildman–Crippen MR) is 101 cm³/mol. The molecule has 1 atom stereocenters. The van der Waals surface area contributed by atoms with Crippen molar-refractivity contribution in [3.05, 3.63) is 18.0 Å². The van der Waals surface area contributed by atoms with E-state index in [4.69, 9.17) is 0 Å². The van der Waals surface area contributed by atoms with Gasteiger partial charge in [0.25, 0.3) is 0 Å². The van der Waals surface area contributed by atoms with E-state index in [0.29, 0.717) is 12.0 Å². The van der Waals surface area contributed by atoms with Crippen LogP contribution < -0.4 is 0 Å². The normalized spacial score (nSPS) is 28.4. The van der Waals surface area contributed by atoms with Crippen LogP contribution in [-0.2, 0) is 0 Å². The third kappa shape index (κ3) is 4.04. The van der Waals surface area contributed by atoms with Crippen molar-refractivity contribution in [2.45, 2.75) is 90.6 Å². The lowest BCUT2D eigenvalue weighted by molar-refractivity contribution is 0.0843. The maximum Gasteiger partial charge on any atom is 0.0543 e. The molecule has 1 saturated carbocycles. The molecule has 2 heterocycles. The molecule has 2 aliphatic rings. The van der Waals surface area contributed by atoms with Gasteiger partial charge in [-0.15, -0.1) is 0 Å². The number of piperidine rings is 1. The Morgan fingerprint density at radius 1 is 1.00 bits per heavy atom. The molecule has 1 unspecified atom stereocenters. The Hall–Kier alpha value is -0.830. The molecule has 1 aliphatic carbocycles. The zero-order valence-electron chi connectivity index (χ0n) is 16.2. The molecule has 0 radical (unpaired) electrons. The topological polar surface area (TPSA) is 21.1 Å². The van der Waals surface area contributed by atoms with Crippen molar-refractivity contribution >= 4 is 0 Å². The van der Waals surface area contributed by atoms with Crippen LogP contribution in [0.15, 0.2) is 12.4 Å². The molecule has 1 aliphatic heterocycles. The van der Waals surface area contributed by atoms with E-state index in [1.165, 1.54) is 63.6 Å². The van der Waals surface area contributed by atoms with Crippen molar-refractivity contribution in [2.75, 3.05) is 13.1 Å². The minimum atomic E-state index is 0.583. The van der Waals surface area contributed by atoms with Gasteiger partial charge in [0.15, 0.2) is 0 Å². The Labute approximate surface area is 148 Å². The van der Waals surface area contributed by atoms with Gasteiger partial charge in [-0.3, -0.25) is 4.68 Å². The third-order valence-corrected chi connectivity index (χ3v) is 6.87. The van der Waals surface area contributed by atoms with Crippen molar-refractivity contribution in [2.24, 2.45) is 11.8 Å². The zero-order valence-corrected chi connectivity index (χ0v) is 16.2. The minimum Gasteiger partial charge on any atom is -0.300 e. The fourth-order valence-electron chi connectivity index (χ4n) is 4.74. The van der Waals surface area contributed by atoms with Gasteiger partial charge in [0.05, 0.1) is 12.2 Å². The first-order valence-electron chi connectivity index (χ1n) is 10.4. The molecule has 0 aromatic carbocycles. The standard InChI is InChI=1S/C21H37N3/c1-5-17(4)18-6-8-20(9-7-18)23-12-10-21(11-13-23)24-15-19(14-22-24)16(2)3/h14-18,20-21H,5-13H2,1-4H3. The fourth-order valence-corrected chi connectivity index (χ4v) is 4.74. The van der Waals surface area contributed by atoms with Crippen LogP contribution in [0.2, 0.25) is 0 Å². The average Bonchev–Trinajstić information content (AvgIpc) is 3.12. The monoisotopic (exact) mass is 331 g/mol. The molecule has 24 heavy (non-hydrogen) atoms. The van der Waals surface area contributed by atoms with Crippen LogP contribution in [0, 0.1) is 11.8 Å². The van der Waals surface area contributed by atoms with Gasteiger partial charge in [-0.05, 0) is 61.8 Å². The largest absolute Gasteiger partial charge is 0.300 e. The summed E-state index contributed by atoms with van der Waals surface area (Å²) < 4.78 is 2.24. The lowest BCUT2D eigenvalue weighted by Crippen LogP contribution is -2.44. The maximum atomic E-state index is 4.64. The summed E-state index contributed by atoms with van der Waals surface area (Å²) in [6.07, 6.45) is 14.0. The van der Waals surface area contributed by atoms with Gasteiger partial charge >= 0.3 is 0 Å². The number of likely N-dealkylation sites (tertiary alicyclic amines) is 1. The molecule has 0 N–H and O–H groups in total. The highest BCUT2D eigenvalue weighted by atomic mass is 15.3. The van der Waals surface area contributed by atoms with Crippen molar-refractivity contribution < 1.29 is 0 Å². The predicted octanol–water partition coefficient (Wildman–Crippen LogP) is 5.25. The van der Waals surface area contributed by atoms with Gasteiger partial charge in [-0.25, -0.2) is 0 Å². The molecular formula is C21H37N3. The van der Waals surface area contributed by atoms with Crippen LogP contribution in [0.4, 0.5) is 0 Å². The molecule has 1 saturated heterocycles. The summed E-state index contributed by atoms with van der Waals surface area (Å²) in [4.78, 5) is 2.79. The van der Waals surface area contributed by atoms with Gasteiger partial charge < -0.3 is 4.90 Å². The van der Waals surface area contributed by atoms with Gasteiger partial charge in [0.2, 0.25) is 0 Å². The van der Waals surface area contributed by atoms with Gasteiger partial charge in [-0.1, -0.05) is 34.1 Å². The minimum absolute atomic E-state index is 0.583. The molecule has 0 amide bonds. The second kappa shape index (κ2) is 8.03. The molecular weight excluding hydrogens is 294 g/mol. The smallest absolute Gasteiger partial charge is 0.0543 e. The molecule has 136 valence electrons. The Morgan fingerprint density at radius 3 is 2.21 bits per heavy atom. The van der Waals surface area contributed by atoms with Gasteiger partial charge in [0, 0.05) is 25.3 Å². The van der Waals surface area contributed by atoms with Gasteiger partial charge in [-0.2, -0.15) is 5.10 Å². The van der Waals surface area contributed by atoms with Gasteiger partial charge in [0.1, 0.15) is 0 Å². The van der Waals surface area contributed by atoms with Crippen molar-refractivity contribution in [1.82, 2.24) is 14.7 Å². The summed E-state index contributed by atoms with van der Waals surface area (Å²) in [5, 5.41) is 4.64. The number of aromatic nitrogens is 2. The zero-order chi connectivity index (χ0) is 17.1. The fraction of sp³-hybridized carbons (Fsp3) is 0.857. The van der Waals surface area contributed by atoms with Crippen LogP contribution in [0.3, 0.4) is 0 Å². The van der Waals surface area contributed by atoms with Crippen molar-refractivity contribution in [3.8, 4) is 0 Å². The van der Waals surface area contributed by atoms with Crippen LogP contribution in [0.1, 0.15) is 90.2 Å². The Bertz CT molecular complexity index is 491. The summed E-state index contributed by atoms with van der Waals surface area (Å²) >= 11 is 0. The van der Waals surface area contributed by atoms with E-state index in [2.05, 4.69) is 54.8 Å². The molecule has 3 rings (SSSR count). The van der Waals surface area contributed by atoms with E-state index in [1.54, 1.807) is 0 Å². The summed E-state index contributed by atoms with van der Waals surface area (Å²) in [6, 6.07) is 1.47. The number of rotatable bonds is 5. The lowest BCUT2D eigenvalue weighted by atomic mass is 9.77. The van der Waals surface area contributed by atoms with E-state index in [9.17, 15) is 0 Å². The lowest BCUT2D eigenvalue weighted by Gasteiger charge is -2.41. The molecule has 0 spiro atoms. The first kappa shape index (κ1) is 18.0. The second-order valence-electron chi connectivity index (χ2n) is 8.63. The molecule has 2 fully saturated rings. The second-order valence-corrected chi connectivity index (χ2v) is 8.63. The van der Waals surface area contributed by atoms with E-state index in [-0.39, 0.29) is 0 Å². The summed E-state index contributed by atoms with van der Waals surface area (Å²) in [6.45, 7) is 11.8. The average molecular weight is 332 g/mol. The SMILES string of the molecule is CCC(C)C1CCC(N2CCC(n3cc(C(C)C)cn3)CC2)CC1. The van der Waals surface area contributed by atoms with E-state index in [1.807, 2.05) is 0 Å². The molecule has 1 aromatic heterocycles. The molecule has 3 heteroatoms. The van der Waals surface area contributed by atoms with E-state index in [0.717, 1.165) is 17.9 Å². The van der Waals surface area contributed by atoms with E-state index >= 15 is 0 Å². The maximum absolute atomic E-state index is 4.64. The van der Waals surface area contributed by atoms with E-state index < -0.39 is 0 Å². The van der Waals surface area contributed by atoms with Crippen LogP contribution in [0.25, 0.3) is 0 Å². The van der Waals surface area contributed by atoms with Crippen LogP contribution in [-0.4, -0.2) is 33.8 Å². The number of hydrogen-bond donors (Lipinski definition) is 0. The van der Waals surface area contributed by atoms with Crippen molar-refractivity contribution in [1.29, 1.82) is 0 Å². The first-order chi connectivity index (χ1) is 11.6. The highest BCUT2D eigenvalue weighted by Gasteiger charge is 2.30. The quantitative estimate of drug-likeness (QED) is 0.735. The Kier molecular flexibility index (Phi) is 6.02. The number of nitrogens with zero attached hydrogens (tertiary/aromatic N) is 3. The Balaban J connectivity index is 1.47. The summed E-state index contributed by atoms with van der Waals surface area (Å²) in [7, 11) is 0. The van der Waals surface area contributed by atoms with Crippen LogP contribution in [0.5, 0.6) is 0 Å². The molecule has 3 nitrogen and oxygen atoms in total. The number of hydrogen-bond acceptors (Lipinski definition) is 2. The van der Waals surface area contributed by atoms with Crippen molar-refractivity contribution in [3.63, 3.8) is 0 Å². The third-order valence-electron chi connectivity index (χ3n) is 6.87. The van der Waals surface area contributed by atoms with Crippen LogP contribution >= 0.6 is 0 Å². The highest BCUT2D eigenvalue weighted by molar-refractivity contribution is 5.09.